The summed E-state index contributed by atoms with van der Waals surface area (Å²) in [5.74, 6) is -0.424. The number of methoxy groups -OCH3 is 1. The highest BCUT2D eigenvalue weighted by Crippen LogP contribution is 2.32. The molecule has 1 fully saturated rings. The van der Waals surface area contributed by atoms with Crippen molar-refractivity contribution in [3.63, 3.8) is 0 Å². The number of ether oxygens (including phenoxy) is 1. The number of aryl methyl sites for hydroxylation is 1. The Labute approximate surface area is 243 Å². The fourth-order valence-electron chi connectivity index (χ4n) is 5.19. The summed E-state index contributed by atoms with van der Waals surface area (Å²) in [6.07, 6.45) is 5.13. The average molecular weight is 578 g/mol. The van der Waals surface area contributed by atoms with Crippen molar-refractivity contribution < 1.29 is 22.7 Å². The zero-order chi connectivity index (χ0) is 29.4. The normalized spacial score (nSPS) is 14.6. The van der Waals surface area contributed by atoms with Crippen LogP contribution in [0, 0.1) is 6.92 Å². The number of benzene rings is 3. The third kappa shape index (κ3) is 7.27. The van der Waals surface area contributed by atoms with Gasteiger partial charge < -0.3 is 15.0 Å². The van der Waals surface area contributed by atoms with Crippen molar-refractivity contribution >= 4 is 27.5 Å². The number of para-hydroxylation sites is 2. The minimum Gasteiger partial charge on any atom is -0.495 e. The molecule has 4 rings (SSSR count). The van der Waals surface area contributed by atoms with E-state index in [4.69, 9.17) is 4.74 Å². The van der Waals surface area contributed by atoms with Crippen molar-refractivity contribution in [2.75, 3.05) is 18.0 Å². The van der Waals surface area contributed by atoms with Gasteiger partial charge in [-0.05, 0) is 62.1 Å². The smallest absolute Gasteiger partial charge is 0.264 e. The molecule has 1 N–H and O–H groups in total. The Kier molecular flexibility index (Phi) is 10.0. The van der Waals surface area contributed by atoms with Crippen molar-refractivity contribution in [2.24, 2.45) is 0 Å². The summed E-state index contributed by atoms with van der Waals surface area (Å²) in [7, 11) is -2.71. The van der Waals surface area contributed by atoms with Crippen LogP contribution < -0.4 is 14.4 Å². The van der Waals surface area contributed by atoms with Gasteiger partial charge >= 0.3 is 0 Å². The average Bonchev–Trinajstić information content (AvgIpc) is 3.00. The molecule has 0 spiro atoms. The number of hydrogen-bond donors (Lipinski definition) is 1. The third-order valence-electron chi connectivity index (χ3n) is 7.68. The fourth-order valence-corrected chi connectivity index (χ4v) is 6.64. The Bertz CT molecular complexity index is 1440. The van der Waals surface area contributed by atoms with Gasteiger partial charge in [0.05, 0.1) is 17.7 Å². The van der Waals surface area contributed by atoms with E-state index in [2.05, 4.69) is 5.32 Å². The quantitative estimate of drug-likeness (QED) is 0.344. The van der Waals surface area contributed by atoms with E-state index < -0.39 is 28.5 Å². The van der Waals surface area contributed by atoms with E-state index in [1.165, 1.54) is 24.1 Å². The molecule has 0 aromatic heterocycles. The first-order valence-electron chi connectivity index (χ1n) is 14.1. The molecule has 0 bridgehead atoms. The molecule has 2 amide bonds. The van der Waals surface area contributed by atoms with Crippen molar-refractivity contribution in [1.29, 1.82) is 0 Å². The van der Waals surface area contributed by atoms with E-state index in [0.717, 1.165) is 47.5 Å². The summed E-state index contributed by atoms with van der Waals surface area (Å²) >= 11 is 0. The van der Waals surface area contributed by atoms with E-state index in [-0.39, 0.29) is 29.1 Å². The second-order valence-corrected chi connectivity index (χ2v) is 12.3. The van der Waals surface area contributed by atoms with Gasteiger partial charge in [0.1, 0.15) is 18.3 Å². The third-order valence-corrected chi connectivity index (χ3v) is 9.46. The number of hydrogen-bond acceptors (Lipinski definition) is 5. The Morgan fingerprint density at radius 2 is 1.56 bits per heavy atom. The van der Waals surface area contributed by atoms with Crippen LogP contribution in [0.15, 0.2) is 83.8 Å². The molecule has 1 aliphatic carbocycles. The molecule has 8 nitrogen and oxygen atoms in total. The summed E-state index contributed by atoms with van der Waals surface area (Å²) in [6, 6.07) is 21.6. The van der Waals surface area contributed by atoms with Gasteiger partial charge in [-0.25, -0.2) is 8.42 Å². The van der Waals surface area contributed by atoms with Crippen LogP contribution in [0.1, 0.15) is 50.2 Å². The molecule has 218 valence electrons. The Morgan fingerprint density at radius 1 is 0.927 bits per heavy atom. The van der Waals surface area contributed by atoms with Crippen LogP contribution >= 0.6 is 0 Å². The number of amides is 2. The minimum absolute atomic E-state index is 0.0484. The maximum absolute atomic E-state index is 14.2. The molecule has 1 aliphatic rings. The molecule has 0 heterocycles. The van der Waals surface area contributed by atoms with Gasteiger partial charge in [-0.1, -0.05) is 73.9 Å². The van der Waals surface area contributed by atoms with E-state index in [0.29, 0.717) is 5.75 Å². The van der Waals surface area contributed by atoms with Gasteiger partial charge in [0.25, 0.3) is 10.0 Å². The topological polar surface area (TPSA) is 96.0 Å². The molecule has 41 heavy (non-hydrogen) atoms. The highest BCUT2D eigenvalue weighted by Gasteiger charge is 2.34. The molecule has 0 saturated heterocycles. The summed E-state index contributed by atoms with van der Waals surface area (Å²) in [4.78, 5) is 29.1. The Morgan fingerprint density at radius 3 is 2.24 bits per heavy atom. The summed E-state index contributed by atoms with van der Waals surface area (Å²) in [5.41, 5.74) is 2.10. The zero-order valence-corrected chi connectivity index (χ0v) is 24.8. The number of nitrogens with zero attached hydrogens (tertiary/aromatic N) is 2. The lowest BCUT2D eigenvalue weighted by Gasteiger charge is -2.33. The number of nitrogens with one attached hydrogen (secondary N) is 1. The van der Waals surface area contributed by atoms with Crippen LogP contribution in [0.3, 0.4) is 0 Å². The van der Waals surface area contributed by atoms with E-state index in [9.17, 15) is 18.0 Å². The zero-order valence-electron chi connectivity index (χ0n) is 24.0. The van der Waals surface area contributed by atoms with Gasteiger partial charge in [-0.2, -0.15) is 0 Å². The first-order chi connectivity index (χ1) is 19.7. The molecule has 1 atom stereocenters. The van der Waals surface area contributed by atoms with Gasteiger partial charge in [0.15, 0.2) is 0 Å². The molecule has 3 aromatic carbocycles. The van der Waals surface area contributed by atoms with Crippen LogP contribution in [-0.4, -0.2) is 50.9 Å². The summed E-state index contributed by atoms with van der Waals surface area (Å²) in [5, 5.41) is 3.13. The first kappa shape index (κ1) is 30.1. The maximum atomic E-state index is 14.2. The molecule has 0 radical (unpaired) electrons. The maximum Gasteiger partial charge on any atom is 0.264 e. The number of carbonyl (C=O) groups is 2. The summed E-state index contributed by atoms with van der Waals surface area (Å²) in [6.45, 7) is 3.31. The predicted molar refractivity (Wildman–Crippen MR) is 160 cm³/mol. The monoisotopic (exact) mass is 577 g/mol. The highest BCUT2D eigenvalue weighted by atomic mass is 32.2. The van der Waals surface area contributed by atoms with Gasteiger partial charge in [0, 0.05) is 12.6 Å². The van der Waals surface area contributed by atoms with Crippen molar-refractivity contribution in [3.8, 4) is 5.75 Å². The van der Waals surface area contributed by atoms with E-state index in [1.807, 2.05) is 31.2 Å². The summed E-state index contributed by atoms with van der Waals surface area (Å²) < 4.78 is 34.5. The fraction of sp³-hybridized carbons (Fsp3) is 0.375. The lowest BCUT2D eigenvalue weighted by molar-refractivity contribution is -0.139. The van der Waals surface area contributed by atoms with Crippen LogP contribution in [0.2, 0.25) is 0 Å². The molecule has 9 heteroatoms. The second kappa shape index (κ2) is 13.7. The first-order valence-corrected chi connectivity index (χ1v) is 15.5. The lowest BCUT2D eigenvalue weighted by Crippen LogP contribution is -2.53. The molecular weight excluding hydrogens is 538 g/mol. The van der Waals surface area contributed by atoms with Crippen molar-refractivity contribution in [2.45, 2.75) is 69.5 Å². The van der Waals surface area contributed by atoms with Gasteiger partial charge in [-0.15, -0.1) is 0 Å². The number of rotatable bonds is 11. The molecule has 3 aromatic rings. The van der Waals surface area contributed by atoms with Crippen molar-refractivity contribution in [1.82, 2.24) is 10.2 Å². The molecular formula is C32H39N3O5S. The Hall–Kier alpha value is -3.85. The highest BCUT2D eigenvalue weighted by molar-refractivity contribution is 7.92. The van der Waals surface area contributed by atoms with E-state index >= 15 is 0 Å². The molecule has 0 aliphatic heterocycles. The number of sulfonamides is 1. The predicted octanol–water partition coefficient (Wildman–Crippen LogP) is 5.07. The van der Waals surface area contributed by atoms with Crippen molar-refractivity contribution in [3.05, 3.63) is 90.0 Å². The standard InChI is InChI=1S/C32H39N3O5S/c1-24-14-10-11-15-26(24)22-34(25(2)32(37)33-27-16-6-4-7-17-27)31(36)23-35(29-20-12-13-21-30(29)40-3)41(38,39)28-18-8-5-9-19-28/h5,8-15,18-21,25,27H,4,6-7,16-17,22-23H2,1-3H3,(H,33,37). The van der Waals surface area contributed by atoms with Gasteiger partial charge in [-0.3, -0.25) is 13.9 Å². The van der Waals surface area contributed by atoms with Crippen LogP contribution in [-0.2, 0) is 26.2 Å². The number of anilines is 1. The van der Waals surface area contributed by atoms with Crippen LogP contribution in [0.4, 0.5) is 5.69 Å². The Balaban J connectivity index is 1.70. The van der Waals surface area contributed by atoms with Crippen LogP contribution in [0.25, 0.3) is 0 Å². The lowest BCUT2D eigenvalue weighted by atomic mass is 9.95. The minimum atomic E-state index is -4.16. The molecule has 1 unspecified atom stereocenters. The largest absolute Gasteiger partial charge is 0.495 e. The van der Waals surface area contributed by atoms with E-state index in [1.54, 1.807) is 49.4 Å². The van der Waals surface area contributed by atoms with Crippen LogP contribution in [0.5, 0.6) is 5.75 Å². The SMILES string of the molecule is COc1ccccc1N(CC(=O)N(Cc1ccccc1C)C(C)C(=O)NC1CCCCC1)S(=O)(=O)c1ccccc1. The number of carbonyl (C=O) groups excluding carboxylic acids is 2. The second-order valence-electron chi connectivity index (χ2n) is 10.5. The molecule has 1 saturated carbocycles. The van der Waals surface area contributed by atoms with Gasteiger partial charge in [0.2, 0.25) is 11.8 Å².